The predicted octanol–water partition coefficient (Wildman–Crippen LogP) is 3.67. The molecular weight excluding hydrogens is 350 g/mol. The lowest BCUT2D eigenvalue weighted by Gasteiger charge is -2.20. The average Bonchev–Trinajstić information content (AvgIpc) is 2.95. The minimum absolute atomic E-state index is 0.676. The van der Waals surface area contributed by atoms with Gasteiger partial charge in [0.25, 0.3) is 0 Å². The van der Waals surface area contributed by atoms with Crippen molar-refractivity contribution in [2.24, 2.45) is 5.92 Å². The third-order valence-electron chi connectivity index (χ3n) is 3.63. The molecule has 1 fully saturated rings. The molecule has 112 valence electrons. The molecule has 1 N–H and O–H groups in total. The number of piperidine rings is 1. The second-order valence-electron chi connectivity index (χ2n) is 5.22. The van der Waals surface area contributed by atoms with E-state index < -0.39 is 0 Å². The molecule has 0 spiro atoms. The van der Waals surface area contributed by atoms with Gasteiger partial charge >= 0.3 is 0 Å². The van der Waals surface area contributed by atoms with E-state index in [0.717, 1.165) is 41.5 Å². The maximum Gasteiger partial charge on any atom is 0.226 e. The number of halogens is 1. The molecule has 0 unspecified atom stereocenters. The largest absolute Gasteiger partial charge is 0.339 e. The van der Waals surface area contributed by atoms with Crippen LogP contribution in [0.1, 0.15) is 24.6 Å². The topological polar surface area (TPSA) is 51.0 Å². The summed E-state index contributed by atoms with van der Waals surface area (Å²) in [5.74, 6) is 2.97. The molecule has 0 bridgehead atoms. The molecule has 6 heteroatoms. The van der Waals surface area contributed by atoms with Crippen molar-refractivity contribution in [1.82, 2.24) is 15.5 Å². The molecule has 21 heavy (non-hydrogen) atoms. The number of hydrogen-bond donors (Lipinski definition) is 1. The lowest BCUT2D eigenvalue weighted by atomic mass is 9.95. The van der Waals surface area contributed by atoms with Crippen LogP contribution in [0, 0.1) is 5.92 Å². The second kappa shape index (κ2) is 7.42. The fraction of sp³-hybridized carbons (Fsp3) is 0.467. The zero-order chi connectivity index (χ0) is 14.5. The van der Waals surface area contributed by atoms with Gasteiger partial charge < -0.3 is 9.84 Å². The van der Waals surface area contributed by atoms with E-state index in [9.17, 15) is 0 Å². The maximum absolute atomic E-state index is 5.38. The third-order valence-corrected chi connectivity index (χ3v) is 5.65. The Labute approximate surface area is 137 Å². The predicted molar refractivity (Wildman–Crippen MR) is 87.3 cm³/mol. The third kappa shape index (κ3) is 4.31. The Balaban J connectivity index is 1.54. The smallest absolute Gasteiger partial charge is 0.226 e. The van der Waals surface area contributed by atoms with Crippen molar-refractivity contribution in [1.29, 1.82) is 0 Å². The summed E-state index contributed by atoms with van der Waals surface area (Å²) in [7, 11) is 0. The Morgan fingerprint density at radius 3 is 2.90 bits per heavy atom. The number of nitrogens with zero attached hydrogens (tertiary/aromatic N) is 2. The van der Waals surface area contributed by atoms with Gasteiger partial charge in [-0.2, -0.15) is 4.98 Å². The zero-order valence-corrected chi connectivity index (χ0v) is 14.1. The summed E-state index contributed by atoms with van der Waals surface area (Å²) in [5.41, 5.74) is 0. The molecule has 1 aromatic carbocycles. The first kappa shape index (κ1) is 15.1. The van der Waals surface area contributed by atoms with Crippen molar-refractivity contribution >= 4 is 27.7 Å². The highest BCUT2D eigenvalue weighted by Crippen LogP contribution is 2.29. The first-order valence-corrected chi connectivity index (χ1v) is 8.98. The van der Waals surface area contributed by atoms with E-state index in [4.69, 9.17) is 4.52 Å². The number of nitrogens with one attached hydrogen (secondary N) is 1. The summed E-state index contributed by atoms with van der Waals surface area (Å²) < 4.78 is 6.48. The van der Waals surface area contributed by atoms with Gasteiger partial charge in [-0.05, 0) is 59.9 Å². The SMILES string of the molecule is Brc1ccccc1SCc1noc(CC2CCNCC2)n1. The Morgan fingerprint density at radius 2 is 2.10 bits per heavy atom. The highest BCUT2D eigenvalue weighted by molar-refractivity contribution is 9.10. The minimum Gasteiger partial charge on any atom is -0.339 e. The van der Waals surface area contributed by atoms with E-state index >= 15 is 0 Å². The Bertz CT molecular complexity index is 584. The van der Waals surface area contributed by atoms with Crippen LogP contribution < -0.4 is 5.32 Å². The number of rotatable bonds is 5. The second-order valence-corrected chi connectivity index (χ2v) is 7.09. The lowest BCUT2D eigenvalue weighted by Crippen LogP contribution is -2.28. The monoisotopic (exact) mass is 367 g/mol. The quantitative estimate of drug-likeness (QED) is 0.817. The van der Waals surface area contributed by atoms with E-state index in [1.807, 2.05) is 18.2 Å². The molecule has 0 aliphatic carbocycles. The highest BCUT2D eigenvalue weighted by atomic mass is 79.9. The van der Waals surface area contributed by atoms with Crippen LogP contribution in [-0.2, 0) is 12.2 Å². The standard InChI is InChI=1S/C15H18BrN3OS/c16-12-3-1-2-4-13(12)21-10-14-18-15(20-19-14)9-11-5-7-17-8-6-11/h1-4,11,17H,5-10H2. The maximum atomic E-state index is 5.38. The van der Waals surface area contributed by atoms with Gasteiger partial charge in [0, 0.05) is 15.8 Å². The molecule has 0 amide bonds. The molecule has 1 saturated heterocycles. The lowest BCUT2D eigenvalue weighted by molar-refractivity contribution is 0.312. The van der Waals surface area contributed by atoms with Crippen LogP contribution in [-0.4, -0.2) is 23.2 Å². The molecule has 0 radical (unpaired) electrons. The molecule has 1 aliphatic heterocycles. The summed E-state index contributed by atoms with van der Waals surface area (Å²) in [6.07, 6.45) is 3.31. The fourth-order valence-electron chi connectivity index (χ4n) is 2.47. The Hall–Kier alpha value is -0.850. The van der Waals surface area contributed by atoms with E-state index in [1.54, 1.807) is 11.8 Å². The molecule has 4 nitrogen and oxygen atoms in total. The summed E-state index contributed by atoms with van der Waals surface area (Å²) in [6, 6.07) is 8.18. The summed E-state index contributed by atoms with van der Waals surface area (Å²) in [5, 5.41) is 7.46. The van der Waals surface area contributed by atoms with Gasteiger partial charge in [0.05, 0.1) is 5.75 Å². The normalized spacial score (nSPS) is 16.2. The highest BCUT2D eigenvalue weighted by Gasteiger charge is 2.17. The molecule has 3 rings (SSSR count). The van der Waals surface area contributed by atoms with Gasteiger partial charge in [-0.3, -0.25) is 0 Å². The number of thioether (sulfide) groups is 1. The number of benzene rings is 1. The van der Waals surface area contributed by atoms with Gasteiger partial charge in [0.1, 0.15) is 0 Å². The van der Waals surface area contributed by atoms with Crippen LogP contribution in [0.2, 0.25) is 0 Å². The van der Waals surface area contributed by atoms with Gasteiger partial charge in [0.15, 0.2) is 5.82 Å². The van der Waals surface area contributed by atoms with Crippen molar-refractivity contribution in [2.75, 3.05) is 13.1 Å². The van der Waals surface area contributed by atoms with Gasteiger partial charge in [-0.25, -0.2) is 0 Å². The fourth-order valence-corrected chi connectivity index (χ4v) is 3.88. The summed E-state index contributed by atoms with van der Waals surface area (Å²) >= 11 is 5.27. The molecule has 0 atom stereocenters. The average molecular weight is 368 g/mol. The van der Waals surface area contributed by atoms with Crippen LogP contribution in [0.3, 0.4) is 0 Å². The summed E-state index contributed by atoms with van der Waals surface area (Å²) in [4.78, 5) is 5.71. The molecule has 1 aromatic heterocycles. The molecule has 0 saturated carbocycles. The molecule has 1 aliphatic rings. The van der Waals surface area contributed by atoms with E-state index in [-0.39, 0.29) is 0 Å². The zero-order valence-electron chi connectivity index (χ0n) is 11.7. The molecular formula is C15H18BrN3OS. The minimum atomic E-state index is 0.676. The van der Waals surface area contributed by atoms with E-state index in [1.165, 1.54) is 17.7 Å². The first-order chi connectivity index (χ1) is 10.3. The Morgan fingerprint density at radius 1 is 1.29 bits per heavy atom. The van der Waals surface area contributed by atoms with Crippen LogP contribution in [0.25, 0.3) is 0 Å². The van der Waals surface area contributed by atoms with E-state index in [2.05, 4.69) is 37.5 Å². The van der Waals surface area contributed by atoms with Crippen LogP contribution in [0.5, 0.6) is 0 Å². The first-order valence-electron chi connectivity index (χ1n) is 7.21. The van der Waals surface area contributed by atoms with Crippen LogP contribution in [0.15, 0.2) is 38.2 Å². The van der Waals surface area contributed by atoms with Crippen molar-refractivity contribution in [3.05, 3.63) is 40.5 Å². The van der Waals surface area contributed by atoms with Gasteiger partial charge in [-0.1, -0.05) is 17.3 Å². The van der Waals surface area contributed by atoms with Crippen molar-refractivity contribution in [3.63, 3.8) is 0 Å². The number of hydrogen-bond acceptors (Lipinski definition) is 5. The van der Waals surface area contributed by atoms with Crippen LogP contribution in [0.4, 0.5) is 0 Å². The summed E-state index contributed by atoms with van der Waals surface area (Å²) in [6.45, 7) is 2.20. The molecule has 2 aromatic rings. The van der Waals surface area contributed by atoms with E-state index in [0.29, 0.717) is 5.92 Å². The van der Waals surface area contributed by atoms with Gasteiger partial charge in [-0.15, -0.1) is 11.8 Å². The van der Waals surface area contributed by atoms with Gasteiger partial charge in [0.2, 0.25) is 5.89 Å². The van der Waals surface area contributed by atoms with Crippen molar-refractivity contribution in [3.8, 4) is 0 Å². The molecule has 2 heterocycles. The van der Waals surface area contributed by atoms with Crippen molar-refractivity contribution < 1.29 is 4.52 Å². The Kier molecular flexibility index (Phi) is 5.32. The number of aromatic nitrogens is 2. The van der Waals surface area contributed by atoms with Crippen molar-refractivity contribution in [2.45, 2.75) is 29.9 Å². The van der Waals surface area contributed by atoms with Crippen LogP contribution >= 0.6 is 27.7 Å².